The van der Waals surface area contributed by atoms with Gasteiger partial charge in [0.15, 0.2) is 5.69 Å². The molecule has 8 nitrogen and oxygen atoms in total. The smallest absolute Gasteiger partial charge is 0.270 e. The standard InChI is InChI=1S/C25H28FN5O3S/c1-14-5-9-16(10-6-14)20(23(33)29-25(2,3)4)31(13-15-7-11-17(26)12-8-15)24(34)21-18(27)19(22(28)32)30-35-21/h5-12,20H,13,27H2,1-4H3,(H2,28,32)(H,29,33)/t20-/m0/s1. The Hall–Kier alpha value is -3.79. The lowest BCUT2D eigenvalue weighted by molar-refractivity contribution is -0.127. The summed E-state index contributed by atoms with van der Waals surface area (Å²) in [6, 6.07) is 11.8. The molecule has 184 valence electrons. The lowest BCUT2D eigenvalue weighted by atomic mass is 9.99. The molecule has 2 aromatic carbocycles. The predicted molar refractivity (Wildman–Crippen MR) is 133 cm³/mol. The van der Waals surface area contributed by atoms with Crippen molar-refractivity contribution >= 4 is 34.9 Å². The number of primary amides is 1. The molecule has 0 aliphatic carbocycles. The van der Waals surface area contributed by atoms with Crippen molar-refractivity contribution < 1.29 is 18.8 Å². The number of benzene rings is 2. The van der Waals surface area contributed by atoms with Gasteiger partial charge in [-0.1, -0.05) is 42.0 Å². The first-order chi connectivity index (χ1) is 16.4. The molecule has 0 bridgehead atoms. The highest BCUT2D eigenvalue weighted by Crippen LogP contribution is 2.31. The first-order valence-corrected chi connectivity index (χ1v) is 11.6. The number of aryl methyl sites for hydroxylation is 1. The molecule has 0 radical (unpaired) electrons. The van der Waals surface area contributed by atoms with Crippen LogP contribution in [0.15, 0.2) is 48.5 Å². The van der Waals surface area contributed by atoms with Gasteiger partial charge in [0.05, 0.1) is 5.69 Å². The Kier molecular flexibility index (Phi) is 7.54. The van der Waals surface area contributed by atoms with E-state index in [0.717, 1.165) is 17.1 Å². The normalized spacial score (nSPS) is 12.1. The van der Waals surface area contributed by atoms with E-state index < -0.39 is 35.1 Å². The van der Waals surface area contributed by atoms with Crippen LogP contribution in [0.4, 0.5) is 10.1 Å². The third kappa shape index (κ3) is 6.21. The van der Waals surface area contributed by atoms with Crippen molar-refractivity contribution in [1.82, 2.24) is 14.6 Å². The molecule has 0 spiro atoms. The van der Waals surface area contributed by atoms with E-state index in [9.17, 15) is 18.8 Å². The van der Waals surface area contributed by atoms with Crippen LogP contribution in [-0.4, -0.2) is 32.5 Å². The van der Waals surface area contributed by atoms with Gasteiger partial charge in [-0.2, -0.15) is 4.37 Å². The SMILES string of the molecule is Cc1ccc([C@@H](C(=O)NC(C)(C)C)N(Cc2ccc(F)cc2)C(=O)c2snc(C(N)=O)c2N)cc1. The van der Waals surface area contributed by atoms with Gasteiger partial charge in [0.25, 0.3) is 11.8 Å². The lowest BCUT2D eigenvalue weighted by Gasteiger charge is -2.33. The van der Waals surface area contributed by atoms with Gasteiger partial charge in [0, 0.05) is 12.1 Å². The maximum atomic E-state index is 13.8. The van der Waals surface area contributed by atoms with Gasteiger partial charge in [0.1, 0.15) is 16.7 Å². The Labute approximate surface area is 207 Å². The van der Waals surface area contributed by atoms with Crippen molar-refractivity contribution in [2.75, 3.05) is 5.73 Å². The van der Waals surface area contributed by atoms with Crippen molar-refractivity contribution in [1.29, 1.82) is 0 Å². The van der Waals surface area contributed by atoms with Gasteiger partial charge in [0.2, 0.25) is 5.91 Å². The van der Waals surface area contributed by atoms with Gasteiger partial charge < -0.3 is 21.7 Å². The largest absolute Gasteiger partial charge is 0.395 e. The Morgan fingerprint density at radius 3 is 2.20 bits per heavy atom. The molecule has 3 rings (SSSR count). The number of nitrogens with one attached hydrogen (secondary N) is 1. The number of halogens is 1. The van der Waals surface area contributed by atoms with E-state index in [0.29, 0.717) is 11.1 Å². The second-order valence-electron chi connectivity index (χ2n) is 9.25. The van der Waals surface area contributed by atoms with Gasteiger partial charge in [-0.3, -0.25) is 14.4 Å². The fraction of sp³-hybridized carbons (Fsp3) is 0.280. The highest BCUT2D eigenvalue weighted by atomic mass is 32.1. The number of aromatic nitrogens is 1. The zero-order valence-electron chi connectivity index (χ0n) is 20.0. The fourth-order valence-corrected chi connectivity index (χ4v) is 4.25. The first-order valence-electron chi connectivity index (χ1n) is 10.9. The maximum Gasteiger partial charge on any atom is 0.270 e. The van der Waals surface area contributed by atoms with E-state index in [4.69, 9.17) is 11.5 Å². The molecular formula is C25H28FN5O3S. The Morgan fingerprint density at radius 1 is 1.09 bits per heavy atom. The third-order valence-electron chi connectivity index (χ3n) is 5.13. The number of nitrogen functional groups attached to an aromatic ring is 1. The summed E-state index contributed by atoms with van der Waals surface area (Å²) in [4.78, 5) is 40.4. The predicted octanol–water partition coefficient (Wildman–Crippen LogP) is 3.57. The van der Waals surface area contributed by atoms with E-state index in [2.05, 4.69) is 9.69 Å². The Bertz CT molecular complexity index is 1230. The number of hydrogen-bond donors (Lipinski definition) is 3. The highest BCUT2D eigenvalue weighted by molar-refractivity contribution is 7.09. The molecule has 0 aliphatic rings. The number of anilines is 1. The first kappa shape index (κ1) is 25.8. The van der Waals surface area contributed by atoms with Crippen LogP contribution in [0.25, 0.3) is 0 Å². The van der Waals surface area contributed by atoms with Crippen LogP contribution in [0.3, 0.4) is 0 Å². The van der Waals surface area contributed by atoms with Crippen LogP contribution in [0.2, 0.25) is 0 Å². The second kappa shape index (κ2) is 10.2. The van der Waals surface area contributed by atoms with E-state index in [-0.39, 0.29) is 22.8 Å². The molecule has 1 aromatic heterocycles. The van der Waals surface area contributed by atoms with E-state index in [1.54, 1.807) is 12.1 Å². The number of hydrogen-bond acceptors (Lipinski definition) is 6. The molecule has 0 unspecified atom stereocenters. The molecule has 35 heavy (non-hydrogen) atoms. The van der Waals surface area contributed by atoms with Gasteiger partial charge in [-0.25, -0.2) is 4.39 Å². The van der Waals surface area contributed by atoms with Crippen molar-refractivity contribution in [3.8, 4) is 0 Å². The summed E-state index contributed by atoms with van der Waals surface area (Å²) in [5, 5.41) is 2.94. The minimum absolute atomic E-state index is 0.0124. The number of amides is 3. The minimum Gasteiger partial charge on any atom is -0.395 e. The summed E-state index contributed by atoms with van der Waals surface area (Å²) in [5.41, 5.74) is 12.6. The molecular weight excluding hydrogens is 469 g/mol. The summed E-state index contributed by atoms with van der Waals surface area (Å²) in [7, 11) is 0. The van der Waals surface area contributed by atoms with Crippen LogP contribution in [-0.2, 0) is 11.3 Å². The molecule has 3 amide bonds. The average Bonchev–Trinajstić information content (AvgIpc) is 3.16. The maximum absolute atomic E-state index is 13.8. The van der Waals surface area contributed by atoms with Gasteiger partial charge >= 0.3 is 0 Å². The molecule has 0 fully saturated rings. The van der Waals surface area contributed by atoms with E-state index in [1.807, 2.05) is 39.8 Å². The average molecular weight is 498 g/mol. The lowest BCUT2D eigenvalue weighted by Crippen LogP contribution is -2.49. The third-order valence-corrected chi connectivity index (χ3v) is 5.98. The van der Waals surface area contributed by atoms with Crippen LogP contribution in [0.1, 0.15) is 63.7 Å². The molecule has 1 heterocycles. The molecule has 1 atom stereocenters. The van der Waals surface area contributed by atoms with Gasteiger partial charge in [-0.05, 0) is 62.5 Å². The fourth-order valence-electron chi connectivity index (χ4n) is 3.49. The second-order valence-corrected chi connectivity index (χ2v) is 10.0. The van der Waals surface area contributed by atoms with Crippen LogP contribution >= 0.6 is 11.5 Å². The quantitative estimate of drug-likeness (QED) is 0.459. The van der Waals surface area contributed by atoms with Crippen molar-refractivity contribution in [2.24, 2.45) is 5.73 Å². The topological polar surface area (TPSA) is 131 Å². The van der Waals surface area contributed by atoms with E-state index in [1.165, 1.54) is 29.2 Å². The van der Waals surface area contributed by atoms with E-state index >= 15 is 0 Å². The monoisotopic (exact) mass is 497 g/mol. The van der Waals surface area contributed by atoms with Crippen molar-refractivity contribution in [3.05, 3.63) is 81.6 Å². The molecule has 0 saturated heterocycles. The Morgan fingerprint density at radius 2 is 1.69 bits per heavy atom. The van der Waals surface area contributed by atoms with Crippen molar-refractivity contribution in [2.45, 2.75) is 45.8 Å². The summed E-state index contributed by atoms with van der Waals surface area (Å²) in [5.74, 6) is -2.30. The number of nitrogens with two attached hydrogens (primary N) is 2. The highest BCUT2D eigenvalue weighted by Gasteiger charge is 2.36. The summed E-state index contributed by atoms with van der Waals surface area (Å²) < 4.78 is 17.5. The summed E-state index contributed by atoms with van der Waals surface area (Å²) in [6.45, 7) is 7.40. The summed E-state index contributed by atoms with van der Waals surface area (Å²) >= 11 is 0.735. The Balaban J connectivity index is 2.15. The number of carbonyl (C=O) groups is 3. The zero-order valence-corrected chi connectivity index (χ0v) is 20.8. The van der Waals surface area contributed by atoms with Crippen LogP contribution in [0.5, 0.6) is 0 Å². The number of nitrogens with zero attached hydrogens (tertiary/aromatic N) is 2. The zero-order chi connectivity index (χ0) is 25.9. The molecule has 0 aliphatic heterocycles. The van der Waals surface area contributed by atoms with Crippen LogP contribution in [0, 0.1) is 12.7 Å². The van der Waals surface area contributed by atoms with Crippen LogP contribution < -0.4 is 16.8 Å². The number of rotatable bonds is 7. The minimum atomic E-state index is -1.05. The number of carbonyl (C=O) groups excluding carboxylic acids is 3. The molecule has 0 saturated carbocycles. The molecule has 5 N–H and O–H groups in total. The van der Waals surface area contributed by atoms with Crippen molar-refractivity contribution in [3.63, 3.8) is 0 Å². The summed E-state index contributed by atoms with van der Waals surface area (Å²) in [6.07, 6.45) is 0. The molecule has 3 aromatic rings. The van der Waals surface area contributed by atoms with Gasteiger partial charge in [-0.15, -0.1) is 0 Å². The molecule has 10 heteroatoms.